The van der Waals surface area contributed by atoms with Gasteiger partial charge in [-0.2, -0.15) is 8.42 Å². The van der Waals surface area contributed by atoms with Gasteiger partial charge in [-0.1, -0.05) is 102 Å². The summed E-state index contributed by atoms with van der Waals surface area (Å²) in [6.07, 6.45) is -2.11. The maximum Gasteiger partial charge on any atom is 0.407 e. The van der Waals surface area contributed by atoms with Crippen LogP contribution in [0.2, 0.25) is 18.1 Å². The van der Waals surface area contributed by atoms with Crippen molar-refractivity contribution in [3.8, 4) is 0 Å². The lowest BCUT2D eigenvalue weighted by molar-refractivity contribution is -0.178. The van der Waals surface area contributed by atoms with Crippen LogP contribution in [0.1, 0.15) is 99.8 Å². The zero-order valence-corrected chi connectivity index (χ0v) is 40.3. The molecule has 0 heterocycles. The summed E-state index contributed by atoms with van der Waals surface area (Å²) in [5.41, 5.74) is -0.622. The summed E-state index contributed by atoms with van der Waals surface area (Å²) in [7, 11) is -7.21. The first-order valence-electron chi connectivity index (χ1n) is 20.6. The summed E-state index contributed by atoms with van der Waals surface area (Å²) in [4.78, 5) is 53.1. The Bertz CT molecular complexity index is 1910. The average molecular weight is 888 g/mol. The molecule has 2 rings (SSSR count). The highest BCUT2D eigenvalue weighted by Crippen LogP contribution is 2.43. The third kappa shape index (κ3) is 17.2. The Morgan fingerprint density at radius 3 is 1.98 bits per heavy atom. The molecule has 0 aromatic heterocycles. The minimum absolute atomic E-state index is 0.0508. The molecule has 0 fully saturated rings. The molecule has 0 bridgehead atoms. The van der Waals surface area contributed by atoms with E-state index in [-0.39, 0.29) is 35.4 Å². The van der Waals surface area contributed by atoms with E-state index in [0.717, 1.165) is 11.6 Å². The van der Waals surface area contributed by atoms with E-state index in [1.807, 2.05) is 39.9 Å². The van der Waals surface area contributed by atoms with Crippen molar-refractivity contribution < 1.29 is 55.2 Å². The summed E-state index contributed by atoms with van der Waals surface area (Å²) in [5.74, 6) is -3.74. The maximum atomic E-state index is 14.3. The lowest BCUT2D eigenvalue weighted by atomic mass is 9.90. The van der Waals surface area contributed by atoms with Crippen LogP contribution in [0.15, 0.2) is 84.3 Å². The Morgan fingerprint density at radius 2 is 1.46 bits per heavy atom. The van der Waals surface area contributed by atoms with Crippen LogP contribution >= 0.6 is 0 Å². The molecule has 0 aliphatic rings. The summed E-state index contributed by atoms with van der Waals surface area (Å²) in [6, 6.07) is 15.2. The quantitative estimate of drug-likeness (QED) is 0.0315. The maximum absolute atomic E-state index is 14.3. The van der Waals surface area contributed by atoms with Crippen molar-refractivity contribution in [3.63, 3.8) is 0 Å². The number of amides is 1. The van der Waals surface area contributed by atoms with Gasteiger partial charge >= 0.3 is 24.0 Å². The second-order valence-corrected chi connectivity index (χ2v) is 25.2. The number of hydrogen-bond donors (Lipinski definition) is 1. The van der Waals surface area contributed by atoms with E-state index in [1.165, 1.54) is 24.3 Å². The minimum Gasteiger partial charge on any atom is -0.458 e. The van der Waals surface area contributed by atoms with Crippen LogP contribution in [0.5, 0.6) is 0 Å². The second kappa shape index (κ2) is 22.2. The van der Waals surface area contributed by atoms with Gasteiger partial charge < -0.3 is 28.7 Å². The van der Waals surface area contributed by atoms with E-state index in [2.05, 4.69) is 32.7 Å². The standard InChI is InChI=1S/C46H69NO12SSi/c1-16-28-54-38(48)27-26-36(55-41(49)37(29-31(2)3)56-42(50)46(12,13)30-47-43(51)57-44(6,7)8)33(5)39(58-60(52,53)35-24-22-32(4)23-25-35)40(34-20-18-17-19-21-34)59-61(14,15)45(9,10)11/h16-27,31,33,36-37,39-40H,1,28-30H2,2-15H3,(H,47,51)/b27-26+/t33-,36-,37?,39-,40+/m0/s1. The largest absolute Gasteiger partial charge is 0.458 e. The highest BCUT2D eigenvalue weighted by atomic mass is 32.2. The van der Waals surface area contributed by atoms with Crippen LogP contribution in [-0.2, 0) is 52.1 Å². The van der Waals surface area contributed by atoms with Gasteiger partial charge in [-0.25, -0.2) is 14.4 Å². The van der Waals surface area contributed by atoms with Gasteiger partial charge in [-0.3, -0.25) is 8.98 Å². The zero-order valence-electron chi connectivity index (χ0n) is 38.5. The molecule has 340 valence electrons. The van der Waals surface area contributed by atoms with Gasteiger partial charge in [0.25, 0.3) is 10.1 Å². The van der Waals surface area contributed by atoms with E-state index < -0.39 is 83.8 Å². The number of ether oxygens (including phenoxy) is 4. The molecule has 1 amide bonds. The van der Waals surface area contributed by atoms with Gasteiger partial charge in [-0.15, -0.1) is 0 Å². The average Bonchev–Trinajstić information content (AvgIpc) is 3.14. The van der Waals surface area contributed by atoms with Crippen molar-refractivity contribution >= 4 is 42.4 Å². The number of alkyl carbamates (subject to hydrolysis) is 1. The molecule has 0 saturated heterocycles. The molecular formula is C46H69NO12SSi. The summed E-state index contributed by atoms with van der Waals surface area (Å²) < 4.78 is 64.2. The Labute approximate surface area is 365 Å². The van der Waals surface area contributed by atoms with Gasteiger partial charge in [0.1, 0.15) is 24.4 Å². The lowest BCUT2D eigenvalue weighted by Crippen LogP contribution is -2.48. The molecule has 2 aromatic rings. The highest BCUT2D eigenvalue weighted by Gasteiger charge is 2.46. The van der Waals surface area contributed by atoms with Crippen molar-refractivity contribution in [2.45, 2.75) is 143 Å². The number of nitrogens with one attached hydrogen (secondary N) is 1. The van der Waals surface area contributed by atoms with Gasteiger partial charge in [-0.05, 0) is 95.8 Å². The van der Waals surface area contributed by atoms with Gasteiger partial charge in [0, 0.05) is 18.5 Å². The van der Waals surface area contributed by atoms with Crippen LogP contribution in [0.4, 0.5) is 4.79 Å². The molecule has 2 aromatic carbocycles. The number of rotatable bonds is 21. The topological polar surface area (TPSA) is 170 Å². The Balaban J connectivity index is 2.75. The molecule has 1 unspecified atom stereocenters. The van der Waals surface area contributed by atoms with Gasteiger partial charge in [0.2, 0.25) is 0 Å². The molecule has 13 nitrogen and oxygen atoms in total. The molecule has 1 N–H and O–H groups in total. The fourth-order valence-corrected chi connectivity index (χ4v) is 7.86. The predicted molar refractivity (Wildman–Crippen MR) is 237 cm³/mol. The first-order chi connectivity index (χ1) is 28.0. The molecule has 0 spiro atoms. The van der Waals surface area contributed by atoms with Crippen LogP contribution in [0.25, 0.3) is 0 Å². The van der Waals surface area contributed by atoms with E-state index in [1.54, 1.807) is 77.9 Å². The van der Waals surface area contributed by atoms with E-state index in [0.29, 0.717) is 5.56 Å². The second-order valence-electron chi connectivity index (χ2n) is 18.8. The molecule has 5 atom stereocenters. The first kappa shape index (κ1) is 52.8. The lowest BCUT2D eigenvalue weighted by Gasteiger charge is -2.43. The summed E-state index contributed by atoms with van der Waals surface area (Å²) in [5, 5.41) is 2.25. The van der Waals surface area contributed by atoms with E-state index >= 15 is 0 Å². The molecule has 0 radical (unpaired) electrons. The van der Waals surface area contributed by atoms with Crippen LogP contribution in [0, 0.1) is 24.2 Å². The van der Waals surface area contributed by atoms with Crippen LogP contribution in [0.3, 0.4) is 0 Å². The van der Waals surface area contributed by atoms with Crippen molar-refractivity contribution in [2.75, 3.05) is 13.2 Å². The number of hydrogen-bond acceptors (Lipinski definition) is 12. The van der Waals surface area contributed by atoms with Gasteiger partial charge in [0.15, 0.2) is 14.4 Å². The molecular weight excluding hydrogens is 819 g/mol. The Morgan fingerprint density at radius 1 is 0.869 bits per heavy atom. The third-order valence-electron chi connectivity index (χ3n) is 10.1. The summed E-state index contributed by atoms with van der Waals surface area (Å²) >= 11 is 0. The molecule has 61 heavy (non-hydrogen) atoms. The summed E-state index contributed by atoms with van der Waals surface area (Å²) in [6.45, 7) is 28.9. The number of carbonyl (C=O) groups is 4. The number of carbonyl (C=O) groups excluding carboxylic acids is 4. The van der Waals surface area contributed by atoms with Crippen molar-refractivity contribution in [1.29, 1.82) is 0 Å². The predicted octanol–water partition coefficient (Wildman–Crippen LogP) is 9.17. The molecule has 15 heteroatoms. The van der Waals surface area contributed by atoms with E-state index in [9.17, 15) is 27.6 Å². The number of esters is 3. The normalized spacial score (nSPS) is 15.3. The highest BCUT2D eigenvalue weighted by molar-refractivity contribution is 7.86. The number of benzene rings is 2. The molecule has 0 aliphatic carbocycles. The Hall–Kier alpha value is -4.31. The monoisotopic (exact) mass is 887 g/mol. The third-order valence-corrected chi connectivity index (χ3v) is 15.9. The van der Waals surface area contributed by atoms with Gasteiger partial charge in [0.05, 0.1) is 16.4 Å². The van der Waals surface area contributed by atoms with E-state index in [4.69, 9.17) is 27.6 Å². The molecule has 0 saturated carbocycles. The minimum atomic E-state index is -4.50. The van der Waals surface area contributed by atoms with Crippen molar-refractivity contribution in [1.82, 2.24) is 5.32 Å². The van der Waals surface area contributed by atoms with Crippen molar-refractivity contribution in [2.24, 2.45) is 17.3 Å². The SMILES string of the molecule is C=CCOC(=O)/C=C/[C@H](OC(=O)C(CC(C)C)OC(=O)C(C)(C)CNC(=O)OC(C)(C)C)[C@H](C)[C@H](OS(=O)(=O)c1ccc(C)cc1)[C@H](O[Si](C)(C)C(C)(C)C)c1ccccc1. The zero-order chi connectivity index (χ0) is 46.6. The fourth-order valence-electron chi connectivity index (χ4n) is 5.45. The Kier molecular flexibility index (Phi) is 19.2. The first-order valence-corrected chi connectivity index (χ1v) is 24.9. The fraction of sp³-hybridized carbons (Fsp3) is 0.565. The molecule has 0 aliphatic heterocycles. The van der Waals surface area contributed by atoms with Crippen LogP contribution < -0.4 is 5.32 Å². The van der Waals surface area contributed by atoms with Crippen LogP contribution in [-0.4, -0.2) is 77.8 Å². The van der Waals surface area contributed by atoms with Crippen molar-refractivity contribution in [3.05, 3.63) is 90.5 Å². The number of aryl methyl sites for hydroxylation is 1. The smallest absolute Gasteiger partial charge is 0.407 e.